The summed E-state index contributed by atoms with van der Waals surface area (Å²) in [4.78, 5) is 88.2. The highest BCUT2D eigenvalue weighted by Crippen LogP contribution is 2.67. The van der Waals surface area contributed by atoms with E-state index in [0.29, 0.717) is 48.7 Å². The van der Waals surface area contributed by atoms with Crippen molar-refractivity contribution in [2.24, 2.45) is 0 Å². The highest BCUT2D eigenvalue weighted by atomic mass is 32.2. The van der Waals surface area contributed by atoms with Crippen molar-refractivity contribution in [3.8, 4) is 0 Å². The highest BCUT2D eigenvalue weighted by Gasteiger charge is 2.50. The van der Waals surface area contributed by atoms with E-state index in [4.69, 9.17) is 14.5 Å². The Bertz CT molecular complexity index is 1710. The number of hydrogen-bond acceptors (Lipinski definition) is 17. The third-order valence-corrected chi connectivity index (χ3v) is 13.6. The third-order valence-electron chi connectivity index (χ3n) is 8.27. The number of aliphatic hydroxyl groups is 2. The quantitative estimate of drug-likeness (QED) is 0.0352. The Morgan fingerprint density at radius 1 is 0.891 bits per heavy atom. The van der Waals surface area contributed by atoms with Crippen molar-refractivity contribution in [1.82, 2.24) is 36.0 Å². The van der Waals surface area contributed by atoms with Crippen LogP contribution in [0, 0.1) is 0 Å². The van der Waals surface area contributed by atoms with Gasteiger partial charge in [0.05, 0.1) is 18.3 Å². The summed E-state index contributed by atoms with van der Waals surface area (Å²) in [5.41, 5.74) is -1.11. The fourth-order valence-electron chi connectivity index (χ4n) is 5.76. The fourth-order valence-corrected chi connectivity index (χ4v) is 10.4. The molecule has 55 heavy (non-hydrogen) atoms. The topological polar surface area (TPSA) is 369 Å². The van der Waals surface area contributed by atoms with E-state index in [9.17, 15) is 52.9 Å². The molecule has 3 aliphatic rings. The molecule has 1 aromatic rings. The van der Waals surface area contributed by atoms with Gasteiger partial charge in [0.25, 0.3) is 0 Å². The number of fused-ring (bicyclic) bond motifs is 1. The number of aromatic nitrogens is 3. The number of phosphoric ester groups is 1. The number of phosphoric acid groups is 3. The Hall–Kier alpha value is -2.54. The molecule has 4 heterocycles. The molecule has 0 bridgehead atoms. The van der Waals surface area contributed by atoms with Crippen LogP contribution in [0.3, 0.4) is 0 Å². The summed E-state index contributed by atoms with van der Waals surface area (Å²) >= 11 is 1.85. The van der Waals surface area contributed by atoms with Crippen LogP contribution < -0.4 is 32.3 Å². The molecule has 9 unspecified atom stereocenters. The number of aliphatic hydroxyl groups excluding tert-OH is 2. The number of nitrogens with zero attached hydrogens (tertiary/aromatic N) is 3. The molecule has 4 amide bonds. The molecule has 1 aromatic heterocycles. The van der Waals surface area contributed by atoms with Gasteiger partial charge in [0.1, 0.15) is 12.2 Å². The van der Waals surface area contributed by atoms with Gasteiger partial charge in [0.2, 0.25) is 11.8 Å². The first-order chi connectivity index (χ1) is 25.8. The number of carbonyl (C=O) groups excluding carboxylic acids is 3. The van der Waals surface area contributed by atoms with Crippen molar-refractivity contribution in [2.45, 2.75) is 99.8 Å². The number of nitrogens with one attached hydrogen (secondary N) is 5. The molecule has 0 radical (unpaired) electrons. The maximum Gasteiger partial charge on any atom is 0.490 e. The number of rotatable bonds is 23. The second kappa shape index (κ2) is 20.2. The van der Waals surface area contributed by atoms with Gasteiger partial charge in [-0.05, 0) is 32.1 Å². The number of urea groups is 1. The predicted molar refractivity (Wildman–Crippen MR) is 189 cm³/mol. The van der Waals surface area contributed by atoms with E-state index in [1.807, 2.05) is 11.8 Å². The van der Waals surface area contributed by atoms with Gasteiger partial charge in [-0.15, -0.1) is 0 Å². The lowest BCUT2D eigenvalue weighted by atomic mass is 10.0. The van der Waals surface area contributed by atoms with Gasteiger partial charge in [-0.1, -0.05) is 12.8 Å². The number of unbranched alkanes of at least 4 members (excludes halogenated alkanes) is 3. The first-order valence-electron chi connectivity index (χ1n) is 17.1. The average Bonchev–Trinajstić information content (AvgIpc) is 3.71. The summed E-state index contributed by atoms with van der Waals surface area (Å²) in [6, 6.07) is 0.256. The summed E-state index contributed by atoms with van der Waals surface area (Å²) in [7, 11) is -17.3. The monoisotopic (exact) mass is 866 g/mol. The minimum Gasteiger partial charge on any atom is -0.385 e. The molecule has 9 atom stereocenters. The van der Waals surface area contributed by atoms with Crippen molar-refractivity contribution < 1.29 is 75.7 Å². The second-order valence-electron chi connectivity index (χ2n) is 12.6. The molecule has 0 aliphatic carbocycles. The number of ether oxygens (including phenoxy) is 1. The summed E-state index contributed by atoms with van der Waals surface area (Å²) in [5, 5.41) is 39.0. The molecule has 3 saturated heterocycles. The van der Waals surface area contributed by atoms with E-state index in [1.165, 1.54) is 0 Å². The summed E-state index contributed by atoms with van der Waals surface area (Å²) in [6.07, 6.45) is -1.25. The summed E-state index contributed by atoms with van der Waals surface area (Å²) in [6.45, 7) is 1.11. The van der Waals surface area contributed by atoms with Crippen LogP contribution in [0.2, 0.25) is 0 Å². The molecule has 3 fully saturated rings. The first-order valence-corrected chi connectivity index (χ1v) is 22.6. The van der Waals surface area contributed by atoms with Gasteiger partial charge in [0, 0.05) is 43.5 Å². The largest absolute Gasteiger partial charge is 0.490 e. The van der Waals surface area contributed by atoms with E-state index >= 15 is 0 Å². The van der Waals surface area contributed by atoms with Crippen LogP contribution in [-0.4, -0.2) is 124 Å². The number of carbonyl (C=O) groups is 3. The average molecular weight is 867 g/mol. The zero-order valence-electron chi connectivity index (χ0n) is 29.1. The Labute approximate surface area is 317 Å². The lowest BCUT2D eigenvalue weighted by Gasteiger charge is -2.20. The lowest BCUT2D eigenvalue weighted by Crippen LogP contribution is -2.37. The minimum atomic E-state index is -5.88. The molecule has 0 spiro atoms. The SMILES string of the molecule is O=C(CCCCC1SCC2NC(=O)NC21)NCCCCCC(=O)NCCCNc1cnn(C2OC(OP(=O)(O)OP(=O)(O)OP(=O)(O)O)C(O)C2O)c(=O)n1. The van der Waals surface area contributed by atoms with Crippen LogP contribution in [0.25, 0.3) is 0 Å². The number of amides is 4. The van der Waals surface area contributed by atoms with E-state index in [-0.39, 0.29) is 42.3 Å². The third kappa shape index (κ3) is 14.7. The van der Waals surface area contributed by atoms with E-state index in [0.717, 1.165) is 44.1 Å². The molecule has 312 valence electrons. The Morgan fingerprint density at radius 2 is 1.56 bits per heavy atom. The Morgan fingerprint density at radius 3 is 2.24 bits per heavy atom. The van der Waals surface area contributed by atoms with E-state index in [2.05, 4.69) is 49.8 Å². The van der Waals surface area contributed by atoms with Crippen LogP contribution in [0.1, 0.15) is 64.0 Å². The van der Waals surface area contributed by atoms with Gasteiger partial charge in [0.15, 0.2) is 18.3 Å². The predicted octanol–water partition coefficient (Wildman–Crippen LogP) is -1.12. The molecule has 11 N–H and O–H groups in total. The van der Waals surface area contributed by atoms with Crippen molar-refractivity contribution in [3.05, 3.63) is 16.7 Å². The van der Waals surface area contributed by atoms with Gasteiger partial charge >= 0.3 is 35.2 Å². The number of thioether (sulfide) groups is 1. The minimum absolute atomic E-state index is 0.000424. The lowest BCUT2D eigenvalue weighted by molar-refractivity contribution is -0.138. The molecular formula is C26H45N8O17P3S. The van der Waals surface area contributed by atoms with Gasteiger partial charge in [-0.3, -0.25) is 14.1 Å². The Kier molecular flexibility index (Phi) is 16.6. The van der Waals surface area contributed by atoms with Gasteiger partial charge in [-0.25, -0.2) is 23.3 Å². The van der Waals surface area contributed by atoms with Crippen LogP contribution in [0.15, 0.2) is 11.0 Å². The highest BCUT2D eigenvalue weighted by molar-refractivity contribution is 8.00. The Balaban J connectivity index is 1.04. The molecule has 3 aliphatic heterocycles. The number of hydrogen-bond donors (Lipinski definition) is 11. The normalized spacial score (nSPS) is 27.0. The van der Waals surface area contributed by atoms with E-state index in [1.54, 1.807) is 0 Å². The molecular weight excluding hydrogens is 821 g/mol. The standard InChI is InChI=1S/C26H45N8O17P3S/c35-18(8-2-1-5-10-28-19(36)9-4-3-7-16-20-15(14-55-16)31-25(39)33-20)29-12-6-11-27-17-13-30-34(26(40)32-17)23-21(37)22(38)24(48-23)49-53(44,45)51-54(46,47)50-52(41,42)43/h13,15-16,20-24,37-38H,1-12,14H2,(H,28,36)(H,29,35)(H,44,45)(H,46,47)(H,27,32,40)(H2,31,33,39)(H2,41,42,43). The molecule has 0 saturated carbocycles. The van der Waals surface area contributed by atoms with Crippen molar-refractivity contribution in [1.29, 1.82) is 0 Å². The fraction of sp³-hybridized carbons (Fsp3) is 0.769. The van der Waals surface area contributed by atoms with Crippen molar-refractivity contribution in [3.63, 3.8) is 0 Å². The van der Waals surface area contributed by atoms with Gasteiger partial charge < -0.3 is 61.1 Å². The molecule has 25 nitrogen and oxygen atoms in total. The smallest absolute Gasteiger partial charge is 0.385 e. The van der Waals surface area contributed by atoms with Crippen LogP contribution in [0.4, 0.5) is 10.6 Å². The second-order valence-corrected chi connectivity index (χ2v) is 18.2. The molecule has 29 heteroatoms. The van der Waals surface area contributed by atoms with Crippen molar-refractivity contribution >= 4 is 58.9 Å². The van der Waals surface area contributed by atoms with Gasteiger partial charge in [-0.2, -0.15) is 35.1 Å². The van der Waals surface area contributed by atoms with Crippen LogP contribution in [0.5, 0.6) is 0 Å². The van der Waals surface area contributed by atoms with Crippen LogP contribution >= 0.6 is 35.2 Å². The first kappa shape index (κ1) is 45.2. The molecule has 4 rings (SSSR count). The zero-order chi connectivity index (χ0) is 40.4. The van der Waals surface area contributed by atoms with E-state index < -0.39 is 53.9 Å². The van der Waals surface area contributed by atoms with Crippen LogP contribution in [-0.2, 0) is 41.2 Å². The number of anilines is 1. The summed E-state index contributed by atoms with van der Waals surface area (Å²) < 4.78 is 51.4. The molecule has 0 aromatic carbocycles. The zero-order valence-corrected chi connectivity index (χ0v) is 32.6. The maximum absolute atomic E-state index is 12.6. The summed E-state index contributed by atoms with van der Waals surface area (Å²) in [5.74, 6) is 0.763. The maximum atomic E-state index is 12.6. The van der Waals surface area contributed by atoms with Crippen molar-refractivity contribution in [2.75, 3.05) is 30.7 Å².